The van der Waals surface area contributed by atoms with Crippen molar-refractivity contribution in [2.45, 2.75) is 6.42 Å². The topological polar surface area (TPSA) is 92.6 Å². The summed E-state index contributed by atoms with van der Waals surface area (Å²) in [5.41, 5.74) is 1.04. The number of hydrogen-bond acceptors (Lipinski definition) is 4. The molecule has 0 aromatic heterocycles. The normalized spacial score (nSPS) is 9.91. The number of phenols is 1. The maximum Gasteiger partial charge on any atom is 1.00 e. The molecule has 0 spiro atoms. The number of phenolic OH excluding ortho intramolecular Hbond substituents is 1. The number of halogens is 2. The Morgan fingerprint density at radius 3 is 2.32 bits per heavy atom. The van der Waals surface area contributed by atoms with Gasteiger partial charge in [-0.2, -0.15) is 0 Å². The molecule has 0 aliphatic heterocycles. The number of carbonyl (C=O) groups is 1. The summed E-state index contributed by atoms with van der Waals surface area (Å²) >= 11 is 12.0. The van der Waals surface area contributed by atoms with Gasteiger partial charge in [-0.3, -0.25) is 4.79 Å². The van der Waals surface area contributed by atoms with Crippen LogP contribution in [0.4, 0.5) is 11.4 Å². The summed E-state index contributed by atoms with van der Waals surface area (Å²) in [4.78, 5) is 10.8. The summed E-state index contributed by atoms with van der Waals surface area (Å²) < 4.78 is 0. The molecule has 0 heterocycles. The fourth-order valence-corrected chi connectivity index (χ4v) is 2.39. The first-order valence-corrected chi connectivity index (χ1v) is 6.59. The molecule has 0 atom stereocenters. The summed E-state index contributed by atoms with van der Waals surface area (Å²) in [5.74, 6) is -1.44. The standard InChI is InChI=1S/C14H11Cl2NO4.Na/c15-10-5-9(19)6-11(16)14(10)17-12-2-1-8(18)3-7(12)4-13(20)21;/h1-3,5-6,17-19H,4H2,(H,20,21);/q;+1/p-1. The number of anilines is 2. The van der Waals surface area contributed by atoms with Crippen LogP contribution in [-0.4, -0.2) is 16.2 Å². The molecule has 0 saturated heterocycles. The molecular formula is C14H10Cl2NNaO4. The predicted octanol–water partition coefficient (Wildman–Crippen LogP) is 0.147. The van der Waals surface area contributed by atoms with Gasteiger partial charge in [0.25, 0.3) is 0 Å². The van der Waals surface area contributed by atoms with E-state index >= 15 is 0 Å². The number of benzene rings is 2. The van der Waals surface area contributed by atoms with Gasteiger partial charge in [-0.15, -0.1) is 5.75 Å². The maximum absolute atomic E-state index is 11.3. The van der Waals surface area contributed by atoms with Gasteiger partial charge in [0.15, 0.2) is 0 Å². The summed E-state index contributed by atoms with van der Waals surface area (Å²) in [6, 6.07) is 6.60. The Morgan fingerprint density at radius 1 is 1.18 bits per heavy atom. The average Bonchev–Trinajstić information content (AvgIpc) is 2.35. The van der Waals surface area contributed by atoms with Crippen LogP contribution in [0.15, 0.2) is 30.3 Å². The van der Waals surface area contributed by atoms with Gasteiger partial charge >= 0.3 is 35.5 Å². The van der Waals surface area contributed by atoms with E-state index in [0.717, 1.165) is 0 Å². The number of hydrogen-bond donors (Lipinski definition) is 3. The zero-order valence-electron chi connectivity index (χ0n) is 11.6. The van der Waals surface area contributed by atoms with Crippen molar-refractivity contribution in [1.82, 2.24) is 0 Å². The first-order valence-electron chi connectivity index (χ1n) is 5.83. The minimum atomic E-state index is -1.06. The van der Waals surface area contributed by atoms with E-state index in [4.69, 9.17) is 28.3 Å². The van der Waals surface area contributed by atoms with Crippen LogP contribution in [0, 0.1) is 0 Å². The van der Waals surface area contributed by atoms with Crippen LogP contribution in [0.3, 0.4) is 0 Å². The van der Waals surface area contributed by atoms with Gasteiger partial charge in [0.05, 0.1) is 22.2 Å². The van der Waals surface area contributed by atoms with Crippen LogP contribution in [0.25, 0.3) is 0 Å². The van der Waals surface area contributed by atoms with E-state index in [9.17, 15) is 15.0 Å². The molecule has 0 aliphatic rings. The number of rotatable bonds is 4. The Kier molecular flexibility index (Phi) is 6.84. The third-order valence-electron chi connectivity index (χ3n) is 2.70. The number of aliphatic carboxylic acids is 1. The van der Waals surface area contributed by atoms with E-state index < -0.39 is 5.97 Å². The second-order valence-electron chi connectivity index (χ2n) is 4.30. The van der Waals surface area contributed by atoms with Gasteiger partial charge in [-0.1, -0.05) is 35.3 Å². The number of nitrogens with one attached hydrogen (secondary N) is 1. The Morgan fingerprint density at radius 2 is 1.77 bits per heavy atom. The van der Waals surface area contributed by atoms with Crippen molar-refractivity contribution in [3.63, 3.8) is 0 Å². The van der Waals surface area contributed by atoms with Crippen molar-refractivity contribution in [3.8, 4) is 11.5 Å². The van der Waals surface area contributed by atoms with E-state index in [1.54, 1.807) is 0 Å². The molecule has 0 aliphatic carbocycles. The van der Waals surface area contributed by atoms with Gasteiger partial charge in [0.2, 0.25) is 0 Å². The van der Waals surface area contributed by atoms with E-state index in [1.165, 1.54) is 30.3 Å². The van der Waals surface area contributed by atoms with Crippen LogP contribution in [0.5, 0.6) is 11.5 Å². The van der Waals surface area contributed by atoms with E-state index in [-0.39, 0.29) is 57.5 Å². The van der Waals surface area contributed by atoms with Crippen molar-refractivity contribution in [2.24, 2.45) is 0 Å². The Hall–Kier alpha value is -1.11. The van der Waals surface area contributed by atoms with Crippen molar-refractivity contribution in [2.75, 3.05) is 5.32 Å². The van der Waals surface area contributed by atoms with Crippen LogP contribution < -0.4 is 40.0 Å². The third-order valence-corrected chi connectivity index (χ3v) is 3.30. The minimum Gasteiger partial charge on any atom is -0.872 e. The molecule has 2 aromatic rings. The Bertz CT molecular complexity index is 686. The SMILES string of the molecule is O=C(O)Cc1cc([O-])ccc1Nc1c(Cl)cc(O)cc1Cl.[Na+]. The zero-order valence-corrected chi connectivity index (χ0v) is 15.1. The van der Waals surface area contributed by atoms with Crippen LogP contribution >= 0.6 is 23.2 Å². The zero-order chi connectivity index (χ0) is 15.6. The Balaban J connectivity index is 0.00000242. The summed E-state index contributed by atoms with van der Waals surface area (Å²) in [5, 5.41) is 32.8. The van der Waals surface area contributed by atoms with Gasteiger partial charge in [0, 0.05) is 17.8 Å². The summed E-state index contributed by atoms with van der Waals surface area (Å²) in [6.07, 6.45) is -0.314. The first kappa shape index (κ1) is 18.9. The smallest absolute Gasteiger partial charge is 0.872 e. The second kappa shape index (κ2) is 7.94. The van der Waals surface area contributed by atoms with E-state index in [0.29, 0.717) is 16.9 Å². The van der Waals surface area contributed by atoms with Crippen LogP contribution in [0.2, 0.25) is 10.0 Å². The van der Waals surface area contributed by atoms with Crippen molar-refractivity contribution in [1.29, 1.82) is 0 Å². The molecule has 110 valence electrons. The van der Waals surface area contributed by atoms with E-state index in [2.05, 4.69) is 5.32 Å². The van der Waals surface area contributed by atoms with E-state index in [1.807, 2.05) is 0 Å². The molecule has 2 rings (SSSR count). The molecule has 0 unspecified atom stereocenters. The molecule has 0 amide bonds. The Labute approximate surface area is 158 Å². The monoisotopic (exact) mass is 349 g/mol. The fraction of sp³-hybridized carbons (Fsp3) is 0.0714. The number of aromatic hydroxyl groups is 1. The van der Waals surface area contributed by atoms with Crippen molar-refractivity contribution < 1.29 is 49.7 Å². The molecule has 0 saturated carbocycles. The third kappa shape index (κ3) is 4.69. The predicted molar refractivity (Wildman–Crippen MR) is 78.6 cm³/mol. The van der Waals surface area contributed by atoms with Gasteiger partial charge in [-0.05, 0) is 11.6 Å². The second-order valence-corrected chi connectivity index (χ2v) is 5.11. The number of carboxylic acids is 1. The molecule has 8 heteroatoms. The minimum absolute atomic E-state index is 0. The molecule has 22 heavy (non-hydrogen) atoms. The molecule has 3 N–H and O–H groups in total. The maximum atomic E-state index is 11.3. The largest absolute Gasteiger partial charge is 1.00 e. The molecule has 0 fully saturated rings. The van der Waals surface area contributed by atoms with Crippen molar-refractivity contribution >= 4 is 40.5 Å². The molecule has 5 nitrogen and oxygen atoms in total. The van der Waals surface area contributed by atoms with Crippen LogP contribution in [-0.2, 0) is 11.2 Å². The fourth-order valence-electron chi connectivity index (χ4n) is 1.82. The quantitative estimate of drug-likeness (QED) is 0.539. The number of carboxylic acid groups (broad SMARTS) is 1. The molecular weight excluding hydrogens is 340 g/mol. The molecule has 0 bridgehead atoms. The molecule has 2 aromatic carbocycles. The van der Waals surface area contributed by atoms with Gasteiger partial charge in [-0.25, -0.2) is 0 Å². The van der Waals surface area contributed by atoms with Crippen molar-refractivity contribution in [3.05, 3.63) is 45.9 Å². The average molecular weight is 350 g/mol. The van der Waals surface area contributed by atoms with Gasteiger partial charge in [0.1, 0.15) is 5.75 Å². The summed E-state index contributed by atoms with van der Waals surface area (Å²) in [7, 11) is 0. The molecule has 0 radical (unpaired) electrons. The van der Waals surface area contributed by atoms with Crippen LogP contribution in [0.1, 0.15) is 5.56 Å². The summed E-state index contributed by atoms with van der Waals surface area (Å²) in [6.45, 7) is 0. The first-order chi connectivity index (χ1) is 9.86. The van der Waals surface area contributed by atoms with Gasteiger partial charge < -0.3 is 20.6 Å².